The number of likely N-dealkylation sites (N-methyl/N-ethyl adjacent to an activating group) is 2. The number of hydrazine groups is 1. The number of aryl methyl sites for hydroxylation is 1. The maximum Gasteiger partial charge on any atom is 0.250 e. The lowest BCUT2D eigenvalue weighted by molar-refractivity contribution is -0.145. The fraction of sp³-hybridized carbons (Fsp3) is 0.423. The molecule has 37 heavy (non-hydrogen) atoms. The number of Topliss-reactive ketones (excluding diaryl/α,β-unsaturated/α-hetero) is 1. The van der Waals surface area contributed by atoms with Crippen LogP contribution in [0.1, 0.15) is 40.9 Å². The number of rotatable bonds is 11. The molecule has 11 heteroatoms. The number of fused-ring (bicyclic) bond motifs is 1. The van der Waals surface area contributed by atoms with E-state index in [1.165, 1.54) is 24.1 Å². The summed E-state index contributed by atoms with van der Waals surface area (Å²) in [6.45, 7) is 8.15. The summed E-state index contributed by atoms with van der Waals surface area (Å²) in [5.74, 6) is -0.738. The molecule has 0 unspecified atom stereocenters. The van der Waals surface area contributed by atoms with Crippen molar-refractivity contribution in [3.05, 3.63) is 64.5 Å². The van der Waals surface area contributed by atoms with Crippen LogP contribution in [0.4, 0.5) is 10.1 Å². The predicted octanol–water partition coefficient (Wildman–Crippen LogP) is 3.10. The van der Waals surface area contributed by atoms with Crippen LogP contribution in [-0.2, 0) is 22.7 Å². The molecule has 0 saturated carbocycles. The van der Waals surface area contributed by atoms with E-state index in [9.17, 15) is 18.8 Å². The molecule has 0 aromatic heterocycles. The molecule has 204 valence electrons. The van der Waals surface area contributed by atoms with Gasteiger partial charge in [-0.25, -0.2) is 9.40 Å². The summed E-state index contributed by atoms with van der Waals surface area (Å²) < 4.78 is 13.5. The third-order valence-electron chi connectivity index (χ3n) is 6.18. The van der Waals surface area contributed by atoms with E-state index in [-0.39, 0.29) is 61.3 Å². The SMILES string of the molecule is CCNCCN(C(=O)CNCC(=O)N(C)N1Cc2ccc(F)cc2C1)c1cc(C(C)=O)ccc1C.Cl.Cl. The van der Waals surface area contributed by atoms with Crippen molar-refractivity contribution in [1.29, 1.82) is 0 Å². The molecular formula is C26H36Cl2FN5O3. The van der Waals surface area contributed by atoms with E-state index >= 15 is 0 Å². The summed E-state index contributed by atoms with van der Waals surface area (Å²) >= 11 is 0. The lowest BCUT2D eigenvalue weighted by Gasteiger charge is -2.28. The zero-order valence-corrected chi connectivity index (χ0v) is 23.3. The molecule has 2 N–H and O–H groups in total. The number of nitrogens with one attached hydrogen (secondary N) is 2. The molecule has 0 saturated heterocycles. The molecule has 0 radical (unpaired) electrons. The van der Waals surface area contributed by atoms with Crippen LogP contribution in [0.2, 0.25) is 0 Å². The second kappa shape index (κ2) is 15.0. The molecule has 1 heterocycles. The topological polar surface area (TPSA) is 85.0 Å². The highest BCUT2D eigenvalue weighted by molar-refractivity contribution is 5.99. The molecule has 0 fully saturated rings. The Bertz CT molecular complexity index is 1100. The lowest BCUT2D eigenvalue weighted by atomic mass is 10.1. The monoisotopic (exact) mass is 555 g/mol. The maximum absolute atomic E-state index is 13.5. The highest BCUT2D eigenvalue weighted by Gasteiger charge is 2.25. The van der Waals surface area contributed by atoms with Gasteiger partial charge in [-0.1, -0.05) is 25.1 Å². The summed E-state index contributed by atoms with van der Waals surface area (Å²) in [7, 11) is 1.67. The summed E-state index contributed by atoms with van der Waals surface area (Å²) in [5, 5.41) is 9.54. The van der Waals surface area contributed by atoms with Crippen molar-refractivity contribution in [3.8, 4) is 0 Å². The largest absolute Gasteiger partial charge is 0.315 e. The zero-order chi connectivity index (χ0) is 25.5. The number of carbonyl (C=O) groups excluding carboxylic acids is 3. The van der Waals surface area contributed by atoms with Gasteiger partial charge in [0.15, 0.2) is 5.78 Å². The Morgan fingerprint density at radius 1 is 0.973 bits per heavy atom. The fourth-order valence-electron chi connectivity index (χ4n) is 4.07. The molecule has 3 rings (SSSR count). The van der Waals surface area contributed by atoms with Gasteiger partial charge in [-0.05, 0) is 55.3 Å². The standard InChI is InChI=1S/C26H34FN5O3.2ClH/c1-5-28-10-11-32(24-13-20(19(3)33)7-6-18(24)2)26(35)15-29-14-25(34)30(4)31-16-21-8-9-23(27)12-22(21)17-31;;/h6-9,12-13,28-29H,5,10-11,14-17H2,1-4H3;2*1H. The number of hydrogen-bond donors (Lipinski definition) is 2. The first-order valence-electron chi connectivity index (χ1n) is 11.8. The van der Waals surface area contributed by atoms with Crippen LogP contribution in [0.5, 0.6) is 0 Å². The average Bonchev–Trinajstić information content (AvgIpc) is 3.24. The van der Waals surface area contributed by atoms with Crippen molar-refractivity contribution in [2.45, 2.75) is 33.9 Å². The Labute approximate surface area is 230 Å². The van der Waals surface area contributed by atoms with Crippen LogP contribution in [0.15, 0.2) is 36.4 Å². The van der Waals surface area contributed by atoms with Crippen molar-refractivity contribution >= 4 is 48.1 Å². The summed E-state index contributed by atoms with van der Waals surface area (Å²) in [6.07, 6.45) is 0. The molecule has 2 aromatic rings. The van der Waals surface area contributed by atoms with Crippen LogP contribution in [-0.4, -0.2) is 67.4 Å². The van der Waals surface area contributed by atoms with E-state index in [0.717, 1.165) is 23.2 Å². The molecule has 2 amide bonds. The van der Waals surface area contributed by atoms with Crippen molar-refractivity contribution in [2.75, 3.05) is 44.7 Å². The van der Waals surface area contributed by atoms with Gasteiger partial charge in [0.25, 0.3) is 5.91 Å². The Hall–Kier alpha value is -2.56. The van der Waals surface area contributed by atoms with Crippen LogP contribution in [0.3, 0.4) is 0 Å². The average molecular weight is 557 g/mol. The minimum atomic E-state index is -0.289. The number of benzene rings is 2. The van der Waals surface area contributed by atoms with E-state index in [2.05, 4.69) is 10.6 Å². The molecule has 0 atom stereocenters. The Kier molecular flexibility index (Phi) is 13.2. The van der Waals surface area contributed by atoms with Crippen molar-refractivity contribution in [2.24, 2.45) is 0 Å². The van der Waals surface area contributed by atoms with Gasteiger partial charge in [0.05, 0.1) is 13.1 Å². The minimum absolute atomic E-state index is 0. The van der Waals surface area contributed by atoms with Crippen LogP contribution >= 0.6 is 24.8 Å². The van der Waals surface area contributed by atoms with Gasteiger partial charge in [0.1, 0.15) is 5.82 Å². The van der Waals surface area contributed by atoms with Gasteiger partial charge in [-0.15, -0.1) is 24.8 Å². The number of nitrogens with zero attached hydrogens (tertiary/aromatic N) is 3. The van der Waals surface area contributed by atoms with Gasteiger partial charge >= 0.3 is 0 Å². The number of amides is 2. The molecule has 1 aliphatic heterocycles. The van der Waals surface area contributed by atoms with Crippen molar-refractivity contribution < 1.29 is 18.8 Å². The summed E-state index contributed by atoms with van der Waals surface area (Å²) in [4.78, 5) is 39.4. The molecule has 0 bridgehead atoms. The normalized spacial score (nSPS) is 12.2. The quantitative estimate of drug-likeness (QED) is 0.327. The number of hydrogen-bond acceptors (Lipinski definition) is 6. The fourth-order valence-corrected chi connectivity index (χ4v) is 4.07. The second-order valence-electron chi connectivity index (χ2n) is 8.71. The molecule has 0 aliphatic carbocycles. The Morgan fingerprint density at radius 2 is 1.65 bits per heavy atom. The highest BCUT2D eigenvalue weighted by atomic mass is 35.5. The Balaban J connectivity index is 0.00000342. The van der Waals surface area contributed by atoms with Crippen LogP contribution in [0, 0.1) is 12.7 Å². The van der Waals surface area contributed by atoms with Crippen LogP contribution < -0.4 is 15.5 Å². The third kappa shape index (κ3) is 8.48. The van der Waals surface area contributed by atoms with Gasteiger partial charge < -0.3 is 10.2 Å². The first-order valence-corrected chi connectivity index (χ1v) is 11.8. The Morgan fingerprint density at radius 3 is 2.32 bits per heavy atom. The minimum Gasteiger partial charge on any atom is -0.315 e. The van der Waals surface area contributed by atoms with Gasteiger partial charge in [0.2, 0.25) is 5.91 Å². The summed E-state index contributed by atoms with van der Waals surface area (Å²) in [6, 6.07) is 10.00. The van der Waals surface area contributed by atoms with Gasteiger partial charge in [-0.3, -0.25) is 24.7 Å². The molecule has 1 aliphatic rings. The number of ketones is 1. The highest BCUT2D eigenvalue weighted by Crippen LogP contribution is 2.24. The summed E-state index contributed by atoms with van der Waals surface area (Å²) in [5.41, 5.74) is 3.98. The van der Waals surface area contributed by atoms with Crippen LogP contribution in [0.25, 0.3) is 0 Å². The first-order chi connectivity index (χ1) is 16.7. The van der Waals surface area contributed by atoms with E-state index in [4.69, 9.17) is 0 Å². The van der Waals surface area contributed by atoms with Crippen molar-refractivity contribution in [3.63, 3.8) is 0 Å². The van der Waals surface area contributed by atoms with Crippen molar-refractivity contribution in [1.82, 2.24) is 20.7 Å². The third-order valence-corrected chi connectivity index (χ3v) is 6.18. The van der Waals surface area contributed by atoms with E-state index in [1.54, 1.807) is 30.1 Å². The number of anilines is 1. The lowest BCUT2D eigenvalue weighted by Crippen LogP contribution is -2.47. The number of carbonyl (C=O) groups is 3. The predicted molar refractivity (Wildman–Crippen MR) is 148 cm³/mol. The van der Waals surface area contributed by atoms with E-state index in [0.29, 0.717) is 37.4 Å². The molecule has 2 aromatic carbocycles. The molecule has 0 spiro atoms. The zero-order valence-electron chi connectivity index (χ0n) is 21.7. The molecule has 8 nitrogen and oxygen atoms in total. The van der Waals surface area contributed by atoms with E-state index in [1.807, 2.05) is 24.9 Å². The second-order valence-corrected chi connectivity index (χ2v) is 8.71. The number of halogens is 3. The molecular weight excluding hydrogens is 520 g/mol. The smallest absolute Gasteiger partial charge is 0.250 e. The maximum atomic E-state index is 13.5. The van der Waals surface area contributed by atoms with Gasteiger partial charge in [-0.2, -0.15) is 0 Å². The first kappa shape index (κ1) is 32.5. The van der Waals surface area contributed by atoms with Gasteiger partial charge in [0, 0.05) is 44.5 Å². The van der Waals surface area contributed by atoms with E-state index < -0.39 is 0 Å².